The van der Waals surface area contributed by atoms with E-state index in [0.717, 1.165) is 6.42 Å². The van der Waals surface area contributed by atoms with Gasteiger partial charge in [0.1, 0.15) is 5.60 Å². The molecule has 0 aromatic heterocycles. The van der Waals surface area contributed by atoms with Crippen molar-refractivity contribution in [2.45, 2.75) is 60.0 Å². The Balaban J connectivity index is 2.86. The van der Waals surface area contributed by atoms with Gasteiger partial charge in [0.2, 0.25) is 0 Å². The van der Waals surface area contributed by atoms with E-state index in [9.17, 15) is 14.7 Å². The summed E-state index contributed by atoms with van der Waals surface area (Å²) in [5.74, 6) is -1.52. The van der Waals surface area contributed by atoms with Crippen molar-refractivity contribution in [3.63, 3.8) is 0 Å². The number of aliphatic carboxylic acids is 1. The first-order valence-corrected chi connectivity index (χ1v) is 7.04. The fourth-order valence-corrected chi connectivity index (χ4v) is 2.84. The van der Waals surface area contributed by atoms with Gasteiger partial charge in [-0.05, 0) is 44.4 Å². The molecule has 1 N–H and O–H groups in total. The molecule has 0 aromatic rings. The first kappa shape index (κ1) is 16.7. The third-order valence-corrected chi connectivity index (χ3v) is 4.59. The molecule has 114 valence electrons. The number of esters is 1. The number of carboxylic acid groups (broad SMARTS) is 1. The van der Waals surface area contributed by atoms with Crippen LogP contribution in [0.25, 0.3) is 0 Å². The van der Waals surface area contributed by atoms with Gasteiger partial charge in [0.25, 0.3) is 0 Å². The molecule has 0 aromatic carbocycles. The number of carbonyl (C=O) groups excluding carboxylic acids is 1. The molecule has 0 spiro atoms. The number of hydrogen-bond donors (Lipinski definition) is 1. The van der Waals surface area contributed by atoms with Gasteiger partial charge in [-0.25, -0.2) is 4.79 Å². The lowest BCUT2D eigenvalue weighted by atomic mass is 9.65. The van der Waals surface area contributed by atoms with Crippen LogP contribution < -0.4 is 0 Å². The average Bonchev–Trinajstić information content (AvgIpc) is 2.45. The average molecular weight is 282 g/mol. The number of hydrogen-bond acceptors (Lipinski definition) is 3. The third kappa shape index (κ3) is 3.41. The number of allylic oxidation sites excluding steroid dienone is 1. The minimum absolute atomic E-state index is 0.313. The van der Waals surface area contributed by atoms with Crippen molar-refractivity contribution < 1.29 is 19.4 Å². The van der Waals surface area contributed by atoms with Crippen LogP contribution in [0.4, 0.5) is 0 Å². The highest BCUT2D eigenvalue weighted by Gasteiger charge is 2.52. The van der Waals surface area contributed by atoms with E-state index in [-0.39, 0.29) is 17.3 Å². The summed E-state index contributed by atoms with van der Waals surface area (Å²) in [5.41, 5.74) is -1.22. The molecule has 0 unspecified atom stereocenters. The van der Waals surface area contributed by atoms with E-state index in [0.29, 0.717) is 6.42 Å². The summed E-state index contributed by atoms with van der Waals surface area (Å²) in [6, 6.07) is 0. The molecule has 0 aliphatic heterocycles. The van der Waals surface area contributed by atoms with Gasteiger partial charge >= 0.3 is 11.9 Å². The third-order valence-electron chi connectivity index (χ3n) is 4.59. The highest BCUT2D eigenvalue weighted by Crippen LogP contribution is 2.56. The second-order valence-electron chi connectivity index (χ2n) is 7.44. The van der Waals surface area contributed by atoms with Crippen LogP contribution in [0.5, 0.6) is 0 Å². The first-order valence-electron chi connectivity index (χ1n) is 7.04. The first-order chi connectivity index (χ1) is 8.89. The molecular weight excluding hydrogens is 256 g/mol. The predicted octanol–water partition coefficient (Wildman–Crippen LogP) is 3.41. The SMILES string of the molecule is CC(C)(C)OC(=O)/C=C/[C@]1(C)CC[C@H](C(=O)O)C1(C)C. The highest BCUT2D eigenvalue weighted by atomic mass is 16.6. The zero-order valence-electron chi connectivity index (χ0n) is 13.3. The molecule has 0 heterocycles. The molecule has 0 bridgehead atoms. The molecule has 1 rings (SSSR count). The largest absolute Gasteiger partial charge is 0.481 e. The Morgan fingerprint density at radius 3 is 2.20 bits per heavy atom. The number of rotatable bonds is 3. The topological polar surface area (TPSA) is 63.6 Å². The Morgan fingerprint density at radius 2 is 1.80 bits per heavy atom. The van der Waals surface area contributed by atoms with Crippen LogP contribution in [0.2, 0.25) is 0 Å². The molecule has 0 amide bonds. The van der Waals surface area contributed by atoms with E-state index in [4.69, 9.17) is 4.74 Å². The predicted molar refractivity (Wildman–Crippen MR) is 77.2 cm³/mol. The lowest BCUT2D eigenvalue weighted by molar-refractivity contribution is -0.148. The highest BCUT2D eigenvalue weighted by molar-refractivity contribution is 5.82. The van der Waals surface area contributed by atoms with Crippen LogP contribution in [0.15, 0.2) is 12.2 Å². The lowest BCUT2D eigenvalue weighted by Crippen LogP contribution is -2.36. The van der Waals surface area contributed by atoms with Crippen LogP contribution in [-0.4, -0.2) is 22.6 Å². The molecule has 1 aliphatic carbocycles. The maximum absolute atomic E-state index is 11.8. The Labute approximate surface area is 121 Å². The van der Waals surface area contributed by atoms with Crippen LogP contribution in [0.3, 0.4) is 0 Å². The summed E-state index contributed by atoms with van der Waals surface area (Å²) in [6.45, 7) is 11.4. The maximum Gasteiger partial charge on any atom is 0.330 e. The summed E-state index contributed by atoms with van der Waals surface area (Å²) < 4.78 is 5.24. The molecular formula is C16H26O4. The maximum atomic E-state index is 11.8. The summed E-state index contributed by atoms with van der Waals surface area (Å²) in [6.07, 6.45) is 4.66. The van der Waals surface area contributed by atoms with Crippen molar-refractivity contribution >= 4 is 11.9 Å². The van der Waals surface area contributed by atoms with E-state index in [1.807, 2.05) is 47.6 Å². The molecule has 2 atom stereocenters. The quantitative estimate of drug-likeness (QED) is 0.636. The minimum atomic E-state index is -0.760. The fourth-order valence-electron chi connectivity index (χ4n) is 2.84. The summed E-state index contributed by atoms with van der Waals surface area (Å²) >= 11 is 0. The van der Waals surface area contributed by atoms with Gasteiger partial charge < -0.3 is 9.84 Å². The summed E-state index contributed by atoms with van der Waals surface area (Å²) in [4.78, 5) is 23.1. The van der Waals surface area contributed by atoms with Crippen molar-refractivity contribution in [2.24, 2.45) is 16.7 Å². The van der Waals surface area contributed by atoms with Crippen molar-refractivity contribution in [1.29, 1.82) is 0 Å². The Hall–Kier alpha value is -1.32. The van der Waals surface area contributed by atoms with Gasteiger partial charge in [-0.15, -0.1) is 0 Å². The summed E-state index contributed by atoms with van der Waals surface area (Å²) in [5, 5.41) is 9.30. The number of carbonyl (C=O) groups is 2. The van der Waals surface area contributed by atoms with Crippen LogP contribution >= 0.6 is 0 Å². The normalized spacial score (nSPS) is 29.6. The smallest absolute Gasteiger partial charge is 0.330 e. The van der Waals surface area contributed by atoms with Crippen molar-refractivity contribution in [3.05, 3.63) is 12.2 Å². The Bertz CT molecular complexity index is 428. The molecule has 0 saturated heterocycles. The van der Waals surface area contributed by atoms with Gasteiger partial charge in [0.15, 0.2) is 0 Å². The molecule has 1 saturated carbocycles. The zero-order chi connectivity index (χ0) is 15.8. The number of carboxylic acids is 1. The standard InChI is InChI=1S/C16H26O4/c1-14(2,3)20-12(17)8-10-16(6)9-7-11(13(18)19)15(16,4)5/h8,10-11H,7,9H2,1-6H3,(H,18,19)/b10-8+/t11-,16+/m1/s1. The van der Waals surface area contributed by atoms with Gasteiger partial charge in [0, 0.05) is 6.08 Å². The summed E-state index contributed by atoms with van der Waals surface area (Å²) in [7, 11) is 0. The van der Waals surface area contributed by atoms with Crippen molar-refractivity contribution in [2.75, 3.05) is 0 Å². The van der Waals surface area contributed by atoms with Crippen molar-refractivity contribution in [1.82, 2.24) is 0 Å². The van der Waals surface area contributed by atoms with E-state index in [2.05, 4.69) is 0 Å². The Kier molecular flexibility index (Phi) is 4.37. The van der Waals surface area contributed by atoms with Crippen LogP contribution in [0, 0.1) is 16.7 Å². The van der Waals surface area contributed by atoms with E-state index in [1.54, 1.807) is 0 Å². The van der Waals surface area contributed by atoms with Gasteiger partial charge in [-0.1, -0.05) is 26.8 Å². The molecule has 4 nitrogen and oxygen atoms in total. The van der Waals surface area contributed by atoms with Crippen molar-refractivity contribution in [3.8, 4) is 0 Å². The lowest BCUT2D eigenvalue weighted by Gasteiger charge is -2.38. The Morgan fingerprint density at radius 1 is 1.25 bits per heavy atom. The van der Waals surface area contributed by atoms with E-state index < -0.39 is 17.0 Å². The molecule has 1 fully saturated rings. The number of ether oxygens (including phenoxy) is 1. The molecule has 20 heavy (non-hydrogen) atoms. The van der Waals surface area contributed by atoms with Crippen LogP contribution in [-0.2, 0) is 14.3 Å². The minimum Gasteiger partial charge on any atom is -0.481 e. The van der Waals surface area contributed by atoms with Gasteiger partial charge in [0.05, 0.1) is 5.92 Å². The molecule has 4 heteroatoms. The van der Waals surface area contributed by atoms with Gasteiger partial charge in [-0.2, -0.15) is 0 Å². The zero-order valence-corrected chi connectivity index (χ0v) is 13.3. The molecule has 0 radical (unpaired) electrons. The van der Waals surface area contributed by atoms with Gasteiger partial charge in [-0.3, -0.25) is 4.79 Å². The van der Waals surface area contributed by atoms with E-state index in [1.165, 1.54) is 6.08 Å². The fraction of sp³-hybridized carbons (Fsp3) is 0.750. The second-order valence-corrected chi connectivity index (χ2v) is 7.44. The van der Waals surface area contributed by atoms with Crippen LogP contribution in [0.1, 0.15) is 54.4 Å². The monoisotopic (exact) mass is 282 g/mol. The van der Waals surface area contributed by atoms with E-state index >= 15 is 0 Å². The molecule has 1 aliphatic rings. The second kappa shape index (κ2) is 5.23.